The second-order valence-electron chi connectivity index (χ2n) is 5.25. The summed E-state index contributed by atoms with van der Waals surface area (Å²) in [5.41, 5.74) is 0. The van der Waals surface area contributed by atoms with E-state index >= 15 is 0 Å². The minimum atomic E-state index is 0.274. The monoisotopic (exact) mass is 251 g/mol. The van der Waals surface area contributed by atoms with Crippen molar-refractivity contribution >= 4 is 0 Å². The van der Waals surface area contributed by atoms with Crippen molar-refractivity contribution < 1.29 is 0 Å². The molecule has 0 spiro atoms. The van der Waals surface area contributed by atoms with Crippen molar-refractivity contribution in [2.24, 2.45) is 7.05 Å². The maximum atomic E-state index is 4.18. The van der Waals surface area contributed by atoms with E-state index in [1.54, 1.807) is 6.33 Å². The number of likely N-dealkylation sites (tertiary alicyclic amines) is 1. The van der Waals surface area contributed by atoms with Gasteiger partial charge in [-0.1, -0.05) is 6.92 Å². The summed E-state index contributed by atoms with van der Waals surface area (Å²) in [4.78, 5) is 2.54. The van der Waals surface area contributed by atoms with Crippen LogP contribution in [-0.4, -0.2) is 45.3 Å². The summed E-state index contributed by atoms with van der Waals surface area (Å²) >= 11 is 0. The van der Waals surface area contributed by atoms with Crippen LogP contribution in [0, 0.1) is 0 Å². The Morgan fingerprint density at radius 1 is 1.44 bits per heavy atom. The second kappa shape index (κ2) is 6.29. The number of nitrogens with zero attached hydrogens (tertiary/aromatic N) is 4. The molecule has 0 saturated carbocycles. The van der Waals surface area contributed by atoms with Gasteiger partial charge in [0.2, 0.25) is 0 Å². The molecule has 1 saturated heterocycles. The fourth-order valence-electron chi connectivity index (χ4n) is 2.75. The average molecular weight is 251 g/mol. The summed E-state index contributed by atoms with van der Waals surface area (Å²) in [6.07, 6.45) is 5.55. The minimum absolute atomic E-state index is 0.274. The quantitative estimate of drug-likeness (QED) is 0.877. The molecule has 0 bridgehead atoms. The van der Waals surface area contributed by atoms with E-state index in [4.69, 9.17) is 0 Å². The highest BCUT2D eigenvalue weighted by Gasteiger charge is 2.19. The van der Waals surface area contributed by atoms with Gasteiger partial charge in [0.15, 0.2) is 0 Å². The zero-order valence-corrected chi connectivity index (χ0v) is 11.8. The van der Waals surface area contributed by atoms with Gasteiger partial charge >= 0.3 is 0 Å². The highest BCUT2D eigenvalue weighted by atomic mass is 15.3. The Labute approximate surface area is 110 Å². The average Bonchev–Trinajstić information content (AvgIpc) is 2.66. The normalized spacial score (nSPS) is 23.8. The van der Waals surface area contributed by atoms with Crippen molar-refractivity contribution in [3.63, 3.8) is 0 Å². The van der Waals surface area contributed by atoms with Crippen molar-refractivity contribution in [1.82, 2.24) is 25.0 Å². The Hall–Kier alpha value is -0.940. The fourth-order valence-corrected chi connectivity index (χ4v) is 2.75. The molecule has 0 aliphatic carbocycles. The first-order valence-electron chi connectivity index (χ1n) is 7.03. The van der Waals surface area contributed by atoms with Crippen LogP contribution in [0.3, 0.4) is 0 Å². The van der Waals surface area contributed by atoms with Crippen LogP contribution >= 0.6 is 0 Å². The van der Waals surface area contributed by atoms with Crippen LogP contribution in [-0.2, 0) is 7.05 Å². The summed E-state index contributed by atoms with van der Waals surface area (Å²) in [6.45, 7) is 8.04. The molecule has 102 valence electrons. The van der Waals surface area contributed by atoms with Crippen molar-refractivity contribution in [3.05, 3.63) is 12.2 Å². The Balaban J connectivity index is 1.87. The van der Waals surface area contributed by atoms with Crippen LogP contribution in [0.15, 0.2) is 6.33 Å². The van der Waals surface area contributed by atoms with E-state index in [2.05, 4.69) is 34.3 Å². The first-order valence-corrected chi connectivity index (χ1v) is 7.03. The third kappa shape index (κ3) is 3.29. The molecule has 2 heterocycles. The van der Waals surface area contributed by atoms with E-state index in [0.717, 1.165) is 5.82 Å². The molecular weight excluding hydrogens is 226 g/mol. The van der Waals surface area contributed by atoms with Crippen LogP contribution in [0.25, 0.3) is 0 Å². The molecule has 0 amide bonds. The SMILES string of the molecule is CCN1CCCC(NC(C)c2nncn2C)CC1. The van der Waals surface area contributed by atoms with Gasteiger partial charge in [0, 0.05) is 13.1 Å². The molecule has 2 atom stereocenters. The van der Waals surface area contributed by atoms with E-state index in [0.29, 0.717) is 6.04 Å². The number of nitrogens with one attached hydrogen (secondary N) is 1. The Bertz CT molecular complexity index is 362. The molecule has 18 heavy (non-hydrogen) atoms. The fraction of sp³-hybridized carbons (Fsp3) is 0.846. The van der Waals surface area contributed by atoms with Gasteiger partial charge in [0.1, 0.15) is 12.2 Å². The van der Waals surface area contributed by atoms with E-state index in [1.807, 2.05) is 11.6 Å². The molecule has 2 unspecified atom stereocenters. The lowest BCUT2D eigenvalue weighted by atomic mass is 10.1. The van der Waals surface area contributed by atoms with Gasteiger partial charge in [0.25, 0.3) is 0 Å². The van der Waals surface area contributed by atoms with Gasteiger partial charge in [-0.05, 0) is 45.8 Å². The van der Waals surface area contributed by atoms with Crippen LogP contribution in [0.1, 0.15) is 45.0 Å². The molecule has 5 nitrogen and oxygen atoms in total. The van der Waals surface area contributed by atoms with E-state index < -0.39 is 0 Å². The number of hydrogen-bond acceptors (Lipinski definition) is 4. The number of hydrogen-bond donors (Lipinski definition) is 1. The van der Waals surface area contributed by atoms with Crippen LogP contribution in [0.4, 0.5) is 0 Å². The first-order chi connectivity index (χ1) is 8.70. The molecule has 1 aromatic heterocycles. The van der Waals surface area contributed by atoms with Crippen LogP contribution < -0.4 is 5.32 Å². The van der Waals surface area contributed by atoms with Crippen molar-refractivity contribution in [2.45, 2.75) is 45.2 Å². The zero-order chi connectivity index (χ0) is 13.0. The predicted molar refractivity (Wildman–Crippen MR) is 72.3 cm³/mol. The molecule has 2 rings (SSSR count). The third-order valence-electron chi connectivity index (χ3n) is 3.89. The second-order valence-corrected chi connectivity index (χ2v) is 5.25. The van der Waals surface area contributed by atoms with Crippen molar-refractivity contribution in [3.8, 4) is 0 Å². The van der Waals surface area contributed by atoms with E-state index in [9.17, 15) is 0 Å². The highest BCUT2D eigenvalue weighted by Crippen LogP contribution is 2.15. The lowest BCUT2D eigenvalue weighted by Gasteiger charge is -2.22. The van der Waals surface area contributed by atoms with Crippen molar-refractivity contribution in [2.75, 3.05) is 19.6 Å². The molecule has 1 aromatic rings. The maximum Gasteiger partial charge on any atom is 0.149 e. The zero-order valence-electron chi connectivity index (χ0n) is 11.8. The topological polar surface area (TPSA) is 46.0 Å². The molecule has 5 heteroatoms. The largest absolute Gasteiger partial charge is 0.319 e. The lowest BCUT2D eigenvalue weighted by molar-refractivity contribution is 0.295. The molecule has 1 aliphatic rings. The van der Waals surface area contributed by atoms with Gasteiger partial charge in [-0.2, -0.15) is 0 Å². The third-order valence-corrected chi connectivity index (χ3v) is 3.89. The lowest BCUT2D eigenvalue weighted by Crippen LogP contribution is -2.34. The molecule has 1 N–H and O–H groups in total. The smallest absolute Gasteiger partial charge is 0.149 e. The number of rotatable bonds is 4. The maximum absolute atomic E-state index is 4.18. The molecule has 0 aromatic carbocycles. The van der Waals surface area contributed by atoms with Gasteiger partial charge in [-0.3, -0.25) is 0 Å². The molecule has 0 radical (unpaired) electrons. The van der Waals surface area contributed by atoms with Crippen LogP contribution in [0.5, 0.6) is 0 Å². The van der Waals surface area contributed by atoms with Gasteiger partial charge in [-0.25, -0.2) is 0 Å². The van der Waals surface area contributed by atoms with Gasteiger partial charge < -0.3 is 14.8 Å². The number of aromatic nitrogens is 3. The molecular formula is C13H25N5. The number of aryl methyl sites for hydroxylation is 1. The standard InChI is InChI=1S/C13H25N5/c1-4-18-8-5-6-12(7-9-18)15-11(2)13-16-14-10-17(13)3/h10-12,15H,4-9H2,1-3H3. The molecule has 1 fully saturated rings. The Morgan fingerprint density at radius 3 is 2.94 bits per heavy atom. The predicted octanol–water partition coefficient (Wildman–Crippen LogP) is 1.34. The summed E-state index contributed by atoms with van der Waals surface area (Å²) in [6, 6.07) is 0.879. The highest BCUT2D eigenvalue weighted by molar-refractivity contribution is 4.93. The minimum Gasteiger partial charge on any atom is -0.319 e. The summed E-state index contributed by atoms with van der Waals surface area (Å²) in [5, 5.41) is 11.8. The molecule has 1 aliphatic heterocycles. The van der Waals surface area contributed by atoms with E-state index in [1.165, 1.54) is 38.9 Å². The Morgan fingerprint density at radius 2 is 2.28 bits per heavy atom. The summed E-state index contributed by atoms with van der Waals surface area (Å²) in [5.74, 6) is 1.02. The summed E-state index contributed by atoms with van der Waals surface area (Å²) in [7, 11) is 2.00. The van der Waals surface area contributed by atoms with E-state index in [-0.39, 0.29) is 6.04 Å². The van der Waals surface area contributed by atoms with Gasteiger partial charge in [-0.15, -0.1) is 10.2 Å². The van der Waals surface area contributed by atoms with Crippen molar-refractivity contribution in [1.29, 1.82) is 0 Å². The van der Waals surface area contributed by atoms with Gasteiger partial charge in [0.05, 0.1) is 6.04 Å². The summed E-state index contributed by atoms with van der Waals surface area (Å²) < 4.78 is 1.99. The first kappa shape index (κ1) is 13.5. The Kier molecular flexibility index (Phi) is 4.72. The van der Waals surface area contributed by atoms with Crippen LogP contribution in [0.2, 0.25) is 0 Å².